The van der Waals surface area contributed by atoms with Crippen LogP contribution in [0.25, 0.3) is 0 Å². The molecule has 3 atom stereocenters. The van der Waals surface area contributed by atoms with E-state index in [1.807, 2.05) is 30.3 Å². The molecule has 2 N–H and O–H groups in total. The Kier molecular flexibility index (Phi) is 6.14. The van der Waals surface area contributed by atoms with Crippen LogP contribution in [0.2, 0.25) is 0 Å². The summed E-state index contributed by atoms with van der Waals surface area (Å²) in [6, 6.07) is 8.23. The second-order valence-corrected chi connectivity index (χ2v) is 9.84. The van der Waals surface area contributed by atoms with Gasteiger partial charge in [0.15, 0.2) is 0 Å². The Bertz CT molecular complexity index is 753. The maximum absolute atomic E-state index is 13.3. The number of thioether (sulfide) groups is 2. The number of benzene rings is 1. The number of ether oxygens (including phenoxy) is 1. The number of nitrogens with zero attached hydrogens (tertiary/aromatic N) is 2. The van der Waals surface area contributed by atoms with Gasteiger partial charge in [-0.2, -0.15) is 0 Å². The Morgan fingerprint density at radius 2 is 1.79 bits per heavy atom. The second kappa shape index (κ2) is 8.24. The van der Waals surface area contributed by atoms with Gasteiger partial charge >= 0.3 is 6.09 Å². The maximum Gasteiger partial charge on any atom is 0.412 e. The third kappa shape index (κ3) is 4.41. The molecule has 3 amide bonds. The first-order valence-corrected chi connectivity index (χ1v) is 11.2. The van der Waals surface area contributed by atoms with Crippen LogP contribution in [-0.4, -0.2) is 62.8 Å². The predicted molar refractivity (Wildman–Crippen MR) is 111 cm³/mol. The molecule has 0 aliphatic carbocycles. The number of rotatable bonds is 3. The van der Waals surface area contributed by atoms with Crippen LogP contribution in [0.4, 0.5) is 4.79 Å². The zero-order chi connectivity index (χ0) is 20.5. The van der Waals surface area contributed by atoms with Crippen molar-refractivity contribution in [3.05, 3.63) is 35.9 Å². The first-order chi connectivity index (χ1) is 13.2. The lowest BCUT2D eigenvalue weighted by atomic mass is 10.1. The zero-order valence-electron chi connectivity index (χ0n) is 16.2. The molecule has 1 aromatic carbocycles. The average molecular weight is 424 g/mol. The molecule has 2 saturated heterocycles. The van der Waals surface area contributed by atoms with Gasteiger partial charge in [0, 0.05) is 11.5 Å². The first kappa shape index (κ1) is 20.9. The molecule has 0 aromatic heterocycles. The van der Waals surface area contributed by atoms with Crippen LogP contribution in [0.3, 0.4) is 0 Å². The van der Waals surface area contributed by atoms with E-state index in [1.165, 1.54) is 33.3 Å². The monoisotopic (exact) mass is 423 g/mol. The van der Waals surface area contributed by atoms with Crippen LogP contribution >= 0.6 is 23.5 Å². The van der Waals surface area contributed by atoms with Gasteiger partial charge in [-0.25, -0.2) is 4.79 Å². The van der Waals surface area contributed by atoms with E-state index in [2.05, 4.69) is 0 Å². The van der Waals surface area contributed by atoms with E-state index in [1.54, 1.807) is 20.8 Å². The molecule has 0 bridgehead atoms. The fraction of sp³-hybridized carbons (Fsp3) is 0.526. The Morgan fingerprint density at radius 1 is 1.11 bits per heavy atom. The van der Waals surface area contributed by atoms with Crippen molar-refractivity contribution < 1.29 is 19.1 Å². The van der Waals surface area contributed by atoms with Gasteiger partial charge in [0.2, 0.25) is 11.8 Å². The molecule has 9 heteroatoms. The Hall–Kier alpha value is -1.87. The molecular weight excluding hydrogens is 398 g/mol. The van der Waals surface area contributed by atoms with Gasteiger partial charge in [0.1, 0.15) is 23.1 Å². The largest absolute Gasteiger partial charge is 0.444 e. The Morgan fingerprint density at radius 3 is 2.39 bits per heavy atom. The van der Waals surface area contributed by atoms with Gasteiger partial charge < -0.3 is 15.4 Å². The molecule has 1 aromatic rings. The van der Waals surface area contributed by atoms with Crippen molar-refractivity contribution in [3.8, 4) is 0 Å². The highest BCUT2D eigenvalue weighted by Crippen LogP contribution is 2.43. The molecule has 2 unspecified atom stereocenters. The van der Waals surface area contributed by atoms with E-state index in [-0.39, 0.29) is 11.3 Å². The molecule has 3 rings (SSSR count). The third-order valence-corrected chi connectivity index (χ3v) is 6.80. The molecule has 0 spiro atoms. The summed E-state index contributed by atoms with van der Waals surface area (Å²) in [5.74, 6) is 0.531. The molecule has 2 fully saturated rings. The topological polar surface area (TPSA) is 92.9 Å². The second-order valence-electron chi connectivity index (χ2n) is 7.73. The van der Waals surface area contributed by atoms with Gasteiger partial charge in [-0.15, -0.1) is 23.5 Å². The van der Waals surface area contributed by atoms with Crippen LogP contribution in [0.15, 0.2) is 30.3 Å². The number of primary amides is 1. The number of hydrogen-bond donors (Lipinski definition) is 1. The summed E-state index contributed by atoms with van der Waals surface area (Å²) < 4.78 is 5.60. The normalized spacial score (nSPS) is 25.0. The fourth-order valence-electron chi connectivity index (χ4n) is 3.20. The van der Waals surface area contributed by atoms with Gasteiger partial charge in [-0.05, 0) is 26.3 Å². The molecule has 2 aliphatic rings. The lowest BCUT2D eigenvalue weighted by Gasteiger charge is -2.33. The van der Waals surface area contributed by atoms with Crippen molar-refractivity contribution in [3.63, 3.8) is 0 Å². The van der Waals surface area contributed by atoms with Crippen LogP contribution < -0.4 is 5.73 Å². The van der Waals surface area contributed by atoms with Gasteiger partial charge in [0.25, 0.3) is 0 Å². The highest BCUT2D eigenvalue weighted by atomic mass is 32.2. The molecular formula is C19H25N3O4S2. The van der Waals surface area contributed by atoms with Gasteiger partial charge in [-0.3, -0.25) is 14.5 Å². The van der Waals surface area contributed by atoms with E-state index in [0.29, 0.717) is 17.4 Å². The Labute approximate surface area is 173 Å². The quantitative estimate of drug-likeness (QED) is 0.803. The third-order valence-electron chi connectivity index (χ3n) is 4.47. The highest BCUT2D eigenvalue weighted by molar-refractivity contribution is 8.00. The minimum Gasteiger partial charge on any atom is -0.444 e. The van der Waals surface area contributed by atoms with Crippen molar-refractivity contribution >= 4 is 41.4 Å². The fourth-order valence-corrected chi connectivity index (χ4v) is 5.78. The smallest absolute Gasteiger partial charge is 0.412 e. The van der Waals surface area contributed by atoms with E-state index in [4.69, 9.17) is 10.5 Å². The minimum atomic E-state index is -0.703. The standard InChI is InChI=1S/C19H25N3O4S2/c1-19(2,3)26-18(25)22-14(10-28-17(22)12-7-5-4-6-8-12)16(24)21-11-27-9-13(21)15(20)23/h4-8,13-14,17H,9-11H2,1-3H3,(H2,20,23)/t13-,14?,17?/m0/s1. The number of carbonyl (C=O) groups excluding carboxylic acids is 3. The first-order valence-electron chi connectivity index (χ1n) is 9.04. The van der Waals surface area contributed by atoms with Gasteiger partial charge in [0.05, 0.1) is 5.88 Å². The van der Waals surface area contributed by atoms with E-state index in [0.717, 1.165) is 5.56 Å². The van der Waals surface area contributed by atoms with Crippen molar-refractivity contribution in [1.29, 1.82) is 0 Å². The zero-order valence-corrected chi connectivity index (χ0v) is 17.8. The Balaban J connectivity index is 1.89. The highest BCUT2D eigenvalue weighted by Gasteiger charge is 2.47. The molecule has 2 heterocycles. The van der Waals surface area contributed by atoms with E-state index < -0.39 is 29.7 Å². The molecule has 0 saturated carbocycles. The number of amides is 3. The summed E-state index contributed by atoms with van der Waals surface area (Å²) >= 11 is 3.00. The predicted octanol–water partition coefficient (Wildman–Crippen LogP) is 2.42. The lowest BCUT2D eigenvalue weighted by Crippen LogP contribution is -2.54. The summed E-state index contributed by atoms with van der Waals surface area (Å²) in [5, 5.41) is -0.327. The molecule has 2 aliphatic heterocycles. The van der Waals surface area contributed by atoms with Crippen molar-refractivity contribution in [2.45, 2.75) is 43.8 Å². The number of hydrogen-bond acceptors (Lipinski definition) is 6. The summed E-state index contributed by atoms with van der Waals surface area (Å²) in [7, 11) is 0. The van der Waals surface area contributed by atoms with Crippen LogP contribution in [0.1, 0.15) is 31.7 Å². The summed E-state index contributed by atoms with van der Waals surface area (Å²) in [4.78, 5) is 41.0. The summed E-state index contributed by atoms with van der Waals surface area (Å²) in [5.41, 5.74) is 5.71. The summed E-state index contributed by atoms with van der Waals surface area (Å²) in [6.07, 6.45) is -0.535. The average Bonchev–Trinajstić information content (AvgIpc) is 3.27. The molecule has 0 radical (unpaired) electrons. The van der Waals surface area contributed by atoms with Crippen LogP contribution in [-0.2, 0) is 14.3 Å². The SMILES string of the molecule is CC(C)(C)OC(=O)N1C(C(=O)N2CSC[C@H]2C(N)=O)CSC1c1ccccc1. The minimum absolute atomic E-state index is 0.259. The number of carbonyl (C=O) groups is 3. The van der Waals surface area contributed by atoms with E-state index in [9.17, 15) is 14.4 Å². The van der Waals surface area contributed by atoms with Crippen LogP contribution in [0.5, 0.6) is 0 Å². The van der Waals surface area contributed by atoms with E-state index >= 15 is 0 Å². The van der Waals surface area contributed by atoms with Crippen LogP contribution in [0, 0.1) is 0 Å². The van der Waals surface area contributed by atoms with Crippen molar-refractivity contribution in [2.24, 2.45) is 5.73 Å². The van der Waals surface area contributed by atoms with Crippen molar-refractivity contribution in [2.75, 3.05) is 17.4 Å². The lowest BCUT2D eigenvalue weighted by molar-refractivity contribution is -0.140. The van der Waals surface area contributed by atoms with Crippen molar-refractivity contribution in [1.82, 2.24) is 9.80 Å². The summed E-state index contributed by atoms with van der Waals surface area (Å²) in [6.45, 7) is 5.38. The number of nitrogens with two attached hydrogens (primary N) is 1. The molecule has 7 nitrogen and oxygen atoms in total. The van der Waals surface area contributed by atoms with Gasteiger partial charge in [-0.1, -0.05) is 30.3 Å². The molecule has 28 heavy (non-hydrogen) atoms. The maximum atomic E-state index is 13.3. The molecule has 152 valence electrons.